The molecular formula is C22H20FN3O2. The molecule has 1 atom stereocenters. The largest absolute Gasteiger partial charge is 0.326 e. The van der Waals surface area contributed by atoms with Crippen molar-refractivity contribution in [1.82, 2.24) is 4.98 Å². The summed E-state index contributed by atoms with van der Waals surface area (Å²) in [6.45, 7) is 1.43. The Morgan fingerprint density at radius 1 is 0.929 bits per heavy atom. The Kier molecular flexibility index (Phi) is 6.11. The molecule has 0 bridgehead atoms. The number of carbonyl (C=O) groups excluding carboxylic acids is 2. The van der Waals surface area contributed by atoms with E-state index in [-0.39, 0.29) is 17.6 Å². The topological polar surface area (TPSA) is 71.1 Å². The van der Waals surface area contributed by atoms with E-state index in [9.17, 15) is 14.0 Å². The second-order valence-corrected chi connectivity index (χ2v) is 6.38. The van der Waals surface area contributed by atoms with Crippen LogP contribution in [0.4, 0.5) is 15.8 Å². The van der Waals surface area contributed by atoms with Gasteiger partial charge in [-0.2, -0.15) is 0 Å². The van der Waals surface area contributed by atoms with E-state index >= 15 is 0 Å². The summed E-state index contributed by atoms with van der Waals surface area (Å²) in [6.07, 6.45) is 2.07. The lowest BCUT2D eigenvalue weighted by Gasteiger charge is -2.17. The molecule has 3 aromatic rings. The van der Waals surface area contributed by atoms with E-state index < -0.39 is 5.92 Å². The number of pyridine rings is 1. The van der Waals surface area contributed by atoms with Crippen LogP contribution in [0.5, 0.6) is 0 Å². The lowest BCUT2D eigenvalue weighted by molar-refractivity contribution is -0.117. The van der Waals surface area contributed by atoms with E-state index in [1.165, 1.54) is 19.1 Å². The highest BCUT2D eigenvalue weighted by atomic mass is 19.1. The summed E-state index contributed by atoms with van der Waals surface area (Å²) in [7, 11) is 0. The fraction of sp³-hybridized carbons (Fsp3) is 0.136. The van der Waals surface area contributed by atoms with E-state index in [1.807, 2.05) is 18.2 Å². The summed E-state index contributed by atoms with van der Waals surface area (Å²) in [5, 5.41) is 5.56. The molecule has 0 aliphatic heterocycles. The number of hydrogen-bond donors (Lipinski definition) is 2. The molecule has 1 heterocycles. The Morgan fingerprint density at radius 3 is 2.14 bits per heavy atom. The van der Waals surface area contributed by atoms with Crippen molar-refractivity contribution < 1.29 is 14.0 Å². The quantitative estimate of drug-likeness (QED) is 0.678. The zero-order chi connectivity index (χ0) is 19.9. The van der Waals surface area contributed by atoms with Crippen LogP contribution in [0.1, 0.15) is 24.1 Å². The fourth-order valence-electron chi connectivity index (χ4n) is 2.85. The van der Waals surface area contributed by atoms with Crippen LogP contribution >= 0.6 is 0 Å². The third kappa shape index (κ3) is 5.23. The molecule has 3 rings (SSSR count). The summed E-state index contributed by atoms with van der Waals surface area (Å²) >= 11 is 0. The Hall–Kier alpha value is -3.54. The highest BCUT2D eigenvalue weighted by molar-refractivity contribution is 5.96. The molecule has 1 aromatic heterocycles. The molecule has 6 heteroatoms. The van der Waals surface area contributed by atoms with Crippen LogP contribution in [0.3, 0.4) is 0 Å². The molecule has 0 aliphatic rings. The Balaban J connectivity index is 1.79. The first-order chi connectivity index (χ1) is 13.5. The van der Waals surface area contributed by atoms with Gasteiger partial charge in [0, 0.05) is 36.6 Å². The van der Waals surface area contributed by atoms with Crippen molar-refractivity contribution in [2.45, 2.75) is 19.3 Å². The number of benzene rings is 2. The normalized spacial score (nSPS) is 11.5. The average molecular weight is 377 g/mol. The van der Waals surface area contributed by atoms with Gasteiger partial charge < -0.3 is 10.6 Å². The summed E-state index contributed by atoms with van der Waals surface area (Å²) in [5.41, 5.74) is 2.73. The van der Waals surface area contributed by atoms with Crippen molar-refractivity contribution in [1.29, 1.82) is 0 Å². The van der Waals surface area contributed by atoms with Gasteiger partial charge in [0.15, 0.2) is 0 Å². The van der Waals surface area contributed by atoms with Crippen molar-refractivity contribution in [2.24, 2.45) is 0 Å². The van der Waals surface area contributed by atoms with E-state index in [0.29, 0.717) is 23.4 Å². The minimum absolute atomic E-state index is 0.163. The molecule has 0 saturated carbocycles. The molecule has 28 heavy (non-hydrogen) atoms. The predicted molar refractivity (Wildman–Crippen MR) is 106 cm³/mol. The number of nitrogens with zero attached hydrogens (tertiary/aromatic N) is 1. The lowest BCUT2D eigenvalue weighted by atomic mass is 9.93. The van der Waals surface area contributed by atoms with Crippen LogP contribution < -0.4 is 10.6 Å². The van der Waals surface area contributed by atoms with Gasteiger partial charge in [-0.25, -0.2) is 4.39 Å². The maximum atomic E-state index is 13.3. The number of aromatic nitrogens is 1. The van der Waals surface area contributed by atoms with Gasteiger partial charge in [-0.1, -0.05) is 18.2 Å². The van der Waals surface area contributed by atoms with Crippen LogP contribution in [0.25, 0.3) is 0 Å². The SMILES string of the molecule is CC(=O)Nc1ccc(NC(=O)C(Cc2ccccn2)c2ccc(F)cc2)cc1. The number of carbonyl (C=O) groups is 2. The van der Waals surface area contributed by atoms with E-state index in [1.54, 1.807) is 42.6 Å². The van der Waals surface area contributed by atoms with Crippen LogP contribution in [-0.4, -0.2) is 16.8 Å². The minimum atomic E-state index is -0.523. The molecule has 142 valence electrons. The Labute approximate surface area is 162 Å². The van der Waals surface area contributed by atoms with Gasteiger partial charge >= 0.3 is 0 Å². The van der Waals surface area contributed by atoms with Gasteiger partial charge in [-0.05, 0) is 54.1 Å². The first-order valence-corrected chi connectivity index (χ1v) is 8.85. The van der Waals surface area contributed by atoms with Gasteiger partial charge in [0.2, 0.25) is 11.8 Å². The van der Waals surface area contributed by atoms with Crippen LogP contribution in [0.15, 0.2) is 72.9 Å². The standard InChI is InChI=1S/C22H20FN3O2/c1-15(27)25-18-9-11-19(12-10-18)26-22(28)21(14-20-4-2-3-13-24-20)16-5-7-17(23)8-6-16/h2-13,21H,14H2,1H3,(H,25,27)(H,26,28). The third-order valence-corrected chi connectivity index (χ3v) is 4.20. The smallest absolute Gasteiger partial charge is 0.232 e. The molecule has 5 nitrogen and oxygen atoms in total. The summed E-state index contributed by atoms with van der Waals surface area (Å²) in [4.78, 5) is 28.4. The Morgan fingerprint density at radius 2 is 1.57 bits per heavy atom. The highest BCUT2D eigenvalue weighted by Gasteiger charge is 2.22. The number of nitrogens with one attached hydrogen (secondary N) is 2. The first kappa shape index (κ1) is 19.2. The summed E-state index contributed by atoms with van der Waals surface area (Å²) < 4.78 is 13.3. The molecule has 0 fully saturated rings. The highest BCUT2D eigenvalue weighted by Crippen LogP contribution is 2.23. The molecule has 0 spiro atoms. The fourth-order valence-corrected chi connectivity index (χ4v) is 2.85. The van der Waals surface area contributed by atoms with E-state index in [4.69, 9.17) is 0 Å². The zero-order valence-electron chi connectivity index (χ0n) is 15.4. The van der Waals surface area contributed by atoms with Crippen molar-refractivity contribution in [2.75, 3.05) is 10.6 Å². The lowest BCUT2D eigenvalue weighted by Crippen LogP contribution is -2.23. The van der Waals surface area contributed by atoms with Crippen molar-refractivity contribution in [3.8, 4) is 0 Å². The monoisotopic (exact) mass is 377 g/mol. The number of amides is 2. The second-order valence-electron chi connectivity index (χ2n) is 6.38. The average Bonchev–Trinajstić information content (AvgIpc) is 2.69. The predicted octanol–water partition coefficient (Wildman–Crippen LogP) is 4.14. The Bertz CT molecular complexity index is 942. The molecular weight excluding hydrogens is 357 g/mol. The van der Waals surface area contributed by atoms with Gasteiger partial charge in [0.25, 0.3) is 0 Å². The number of hydrogen-bond acceptors (Lipinski definition) is 3. The molecule has 2 amide bonds. The van der Waals surface area contributed by atoms with Crippen LogP contribution in [-0.2, 0) is 16.0 Å². The first-order valence-electron chi connectivity index (χ1n) is 8.85. The summed E-state index contributed by atoms with van der Waals surface area (Å²) in [6, 6.07) is 18.3. The number of anilines is 2. The zero-order valence-corrected chi connectivity index (χ0v) is 15.4. The van der Waals surface area contributed by atoms with Crippen molar-refractivity contribution in [3.63, 3.8) is 0 Å². The van der Waals surface area contributed by atoms with Crippen molar-refractivity contribution >= 4 is 23.2 Å². The molecule has 0 saturated heterocycles. The molecule has 1 unspecified atom stereocenters. The maximum Gasteiger partial charge on any atom is 0.232 e. The molecule has 0 aliphatic carbocycles. The third-order valence-electron chi connectivity index (χ3n) is 4.20. The van der Waals surface area contributed by atoms with Crippen LogP contribution in [0.2, 0.25) is 0 Å². The van der Waals surface area contributed by atoms with Gasteiger partial charge in [0.05, 0.1) is 5.92 Å². The van der Waals surface area contributed by atoms with E-state index in [0.717, 1.165) is 5.69 Å². The molecule has 0 radical (unpaired) electrons. The molecule has 2 N–H and O–H groups in total. The number of halogens is 1. The second kappa shape index (κ2) is 8.90. The maximum absolute atomic E-state index is 13.3. The van der Waals surface area contributed by atoms with Gasteiger partial charge in [0.1, 0.15) is 5.82 Å². The molecule has 2 aromatic carbocycles. The summed E-state index contributed by atoms with van der Waals surface area (Å²) in [5.74, 6) is -1.26. The van der Waals surface area contributed by atoms with Crippen molar-refractivity contribution in [3.05, 3.63) is 90.0 Å². The van der Waals surface area contributed by atoms with Gasteiger partial charge in [-0.15, -0.1) is 0 Å². The number of rotatable bonds is 6. The van der Waals surface area contributed by atoms with E-state index in [2.05, 4.69) is 15.6 Å². The van der Waals surface area contributed by atoms with Crippen LogP contribution in [0, 0.1) is 5.82 Å². The van der Waals surface area contributed by atoms with Gasteiger partial charge in [-0.3, -0.25) is 14.6 Å². The minimum Gasteiger partial charge on any atom is -0.326 e.